The van der Waals surface area contributed by atoms with Crippen LogP contribution in [-0.2, 0) is 11.3 Å². The molecule has 0 aliphatic heterocycles. The molecule has 0 fully saturated rings. The van der Waals surface area contributed by atoms with Crippen molar-refractivity contribution in [2.75, 3.05) is 17.7 Å². The van der Waals surface area contributed by atoms with E-state index in [4.69, 9.17) is 10.5 Å². The Balaban J connectivity index is 1.95. The number of ether oxygens (including phenoxy) is 1. The summed E-state index contributed by atoms with van der Waals surface area (Å²) in [5.74, 6) is 1.04. The van der Waals surface area contributed by atoms with Crippen molar-refractivity contribution in [2.45, 2.75) is 20.4 Å². The summed E-state index contributed by atoms with van der Waals surface area (Å²) in [4.78, 5) is 11.9. The van der Waals surface area contributed by atoms with Crippen LogP contribution in [-0.4, -0.2) is 22.3 Å². The zero-order chi connectivity index (χ0) is 14.5. The molecular formula is C14H18N4O2. The number of anilines is 2. The first-order valence-corrected chi connectivity index (χ1v) is 6.41. The lowest BCUT2D eigenvalue weighted by Crippen LogP contribution is -2.20. The predicted molar refractivity (Wildman–Crippen MR) is 77.6 cm³/mol. The largest absolute Gasteiger partial charge is 0.494 e. The van der Waals surface area contributed by atoms with Crippen molar-refractivity contribution >= 4 is 17.4 Å². The van der Waals surface area contributed by atoms with Gasteiger partial charge in [-0.3, -0.25) is 9.48 Å². The standard InChI is InChI=1S/C14H18N4O2/c1-3-20-12-6-4-11(5-7-12)16-14(19)9-18-10(2)8-13(15)17-18/h4-8H,3,9H2,1-2H3,(H2,15,17)(H,16,19). The molecule has 2 aromatic rings. The maximum Gasteiger partial charge on any atom is 0.246 e. The van der Waals surface area contributed by atoms with Crippen LogP contribution in [0.4, 0.5) is 11.5 Å². The third-order valence-electron chi connectivity index (χ3n) is 2.74. The number of aryl methyl sites for hydroxylation is 1. The number of aromatic nitrogens is 2. The topological polar surface area (TPSA) is 82.2 Å². The lowest BCUT2D eigenvalue weighted by molar-refractivity contribution is -0.116. The zero-order valence-corrected chi connectivity index (χ0v) is 11.6. The fourth-order valence-electron chi connectivity index (χ4n) is 1.83. The van der Waals surface area contributed by atoms with E-state index >= 15 is 0 Å². The SMILES string of the molecule is CCOc1ccc(NC(=O)Cn2nc(N)cc2C)cc1. The summed E-state index contributed by atoms with van der Waals surface area (Å²) in [5.41, 5.74) is 7.15. The summed E-state index contributed by atoms with van der Waals surface area (Å²) < 4.78 is 6.91. The molecule has 0 bridgehead atoms. The molecule has 20 heavy (non-hydrogen) atoms. The Bertz CT molecular complexity index is 590. The van der Waals surface area contributed by atoms with Crippen molar-refractivity contribution in [3.05, 3.63) is 36.0 Å². The van der Waals surface area contributed by atoms with Gasteiger partial charge in [-0.05, 0) is 38.1 Å². The smallest absolute Gasteiger partial charge is 0.246 e. The molecule has 1 heterocycles. The molecule has 1 aromatic carbocycles. The number of benzene rings is 1. The van der Waals surface area contributed by atoms with Crippen molar-refractivity contribution in [2.24, 2.45) is 0 Å². The number of nitrogen functional groups attached to an aromatic ring is 1. The van der Waals surface area contributed by atoms with Gasteiger partial charge in [0.1, 0.15) is 18.1 Å². The van der Waals surface area contributed by atoms with Gasteiger partial charge >= 0.3 is 0 Å². The van der Waals surface area contributed by atoms with Gasteiger partial charge in [-0.2, -0.15) is 5.10 Å². The maximum absolute atomic E-state index is 11.9. The molecule has 0 saturated carbocycles. The average Bonchev–Trinajstić information content (AvgIpc) is 2.70. The molecule has 2 rings (SSSR count). The maximum atomic E-state index is 11.9. The van der Waals surface area contributed by atoms with Crippen molar-refractivity contribution in [1.82, 2.24) is 9.78 Å². The van der Waals surface area contributed by atoms with Gasteiger partial charge in [0.25, 0.3) is 0 Å². The highest BCUT2D eigenvalue weighted by Gasteiger charge is 2.07. The van der Waals surface area contributed by atoms with Crippen LogP contribution >= 0.6 is 0 Å². The van der Waals surface area contributed by atoms with Gasteiger partial charge in [-0.15, -0.1) is 0 Å². The molecule has 0 atom stereocenters. The second-order valence-corrected chi connectivity index (χ2v) is 4.37. The molecular weight excluding hydrogens is 256 g/mol. The van der Waals surface area contributed by atoms with Crippen molar-refractivity contribution in [1.29, 1.82) is 0 Å². The summed E-state index contributed by atoms with van der Waals surface area (Å²) >= 11 is 0. The Morgan fingerprint density at radius 1 is 1.40 bits per heavy atom. The first-order valence-electron chi connectivity index (χ1n) is 6.41. The van der Waals surface area contributed by atoms with Gasteiger partial charge in [0.2, 0.25) is 5.91 Å². The van der Waals surface area contributed by atoms with Gasteiger partial charge in [-0.25, -0.2) is 0 Å². The monoisotopic (exact) mass is 274 g/mol. The number of hydrogen-bond donors (Lipinski definition) is 2. The number of carbonyl (C=O) groups excluding carboxylic acids is 1. The first kappa shape index (κ1) is 13.9. The number of rotatable bonds is 5. The van der Waals surface area contributed by atoms with Crippen molar-refractivity contribution < 1.29 is 9.53 Å². The molecule has 0 unspecified atom stereocenters. The van der Waals surface area contributed by atoms with E-state index in [1.807, 2.05) is 26.0 Å². The fraction of sp³-hybridized carbons (Fsp3) is 0.286. The minimum Gasteiger partial charge on any atom is -0.494 e. The van der Waals surface area contributed by atoms with Gasteiger partial charge in [0.05, 0.1) is 6.61 Å². The van der Waals surface area contributed by atoms with Gasteiger partial charge in [0, 0.05) is 17.4 Å². The number of hydrogen-bond acceptors (Lipinski definition) is 4. The van der Waals surface area contributed by atoms with Crippen LogP contribution in [0.3, 0.4) is 0 Å². The van der Waals surface area contributed by atoms with E-state index in [0.29, 0.717) is 12.4 Å². The molecule has 6 heteroatoms. The number of nitrogens with two attached hydrogens (primary N) is 1. The number of amides is 1. The summed E-state index contributed by atoms with van der Waals surface area (Å²) in [6.45, 7) is 4.53. The van der Waals surface area contributed by atoms with Crippen LogP contribution < -0.4 is 15.8 Å². The quantitative estimate of drug-likeness (QED) is 0.871. The van der Waals surface area contributed by atoms with Crippen LogP contribution in [0.5, 0.6) is 5.75 Å². The minimum atomic E-state index is -0.152. The Morgan fingerprint density at radius 3 is 2.65 bits per heavy atom. The van der Waals surface area contributed by atoms with Crippen LogP contribution in [0.25, 0.3) is 0 Å². The van der Waals surface area contributed by atoms with E-state index < -0.39 is 0 Å². The van der Waals surface area contributed by atoms with Crippen molar-refractivity contribution in [3.8, 4) is 5.75 Å². The Hall–Kier alpha value is -2.50. The summed E-state index contributed by atoms with van der Waals surface area (Å²) in [6.07, 6.45) is 0. The van der Waals surface area contributed by atoms with Crippen LogP contribution in [0.2, 0.25) is 0 Å². The molecule has 1 aromatic heterocycles. The molecule has 0 radical (unpaired) electrons. The van der Waals surface area contributed by atoms with E-state index in [9.17, 15) is 4.79 Å². The molecule has 0 saturated heterocycles. The summed E-state index contributed by atoms with van der Waals surface area (Å²) in [6, 6.07) is 8.96. The average molecular weight is 274 g/mol. The Morgan fingerprint density at radius 2 is 2.10 bits per heavy atom. The third-order valence-corrected chi connectivity index (χ3v) is 2.74. The van der Waals surface area contributed by atoms with E-state index in [1.54, 1.807) is 22.9 Å². The highest BCUT2D eigenvalue weighted by Crippen LogP contribution is 2.15. The summed E-state index contributed by atoms with van der Waals surface area (Å²) in [7, 11) is 0. The minimum absolute atomic E-state index is 0.135. The Labute approximate surface area is 117 Å². The van der Waals surface area contributed by atoms with E-state index in [-0.39, 0.29) is 12.5 Å². The lowest BCUT2D eigenvalue weighted by atomic mass is 10.3. The number of nitrogens with one attached hydrogen (secondary N) is 1. The van der Waals surface area contributed by atoms with Crippen molar-refractivity contribution in [3.63, 3.8) is 0 Å². The van der Waals surface area contributed by atoms with Gasteiger partial charge < -0.3 is 15.8 Å². The number of carbonyl (C=O) groups is 1. The molecule has 6 nitrogen and oxygen atoms in total. The first-order chi connectivity index (χ1) is 9.58. The molecule has 0 aliphatic carbocycles. The third kappa shape index (κ3) is 3.50. The highest BCUT2D eigenvalue weighted by atomic mass is 16.5. The van der Waals surface area contributed by atoms with Gasteiger partial charge in [-0.1, -0.05) is 0 Å². The van der Waals surface area contributed by atoms with Crippen LogP contribution in [0.1, 0.15) is 12.6 Å². The van der Waals surface area contributed by atoms with E-state index in [0.717, 1.165) is 17.1 Å². The van der Waals surface area contributed by atoms with Crippen LogP contribution in [0, 0.1) is 6.92 Å². The highest BCUT2D eigenvalue weighted by molar-refractivity contribution is 5.90. The fourth-order valence-corrected chi connectivity index (χ4v) is 1.83. The summed E-state index contributed by atoms with van der Waals surface area (Å²) in [5, 5.41) is 6.84. The Kier molecular flexibility index (Phi) is 4.24. The molecule has 106 valence electrons. The second kappa shape index (κ2) is 6.10. The van der Waals surface area contributed by atoms with E-state index in [1.165, 1.54) is 0 Å². The molecule has 3 N–H and O–H groups in total. The molecule has 0 spiro atoms. The predicted octanol–water partition coefficient (Wildman–Crippen LogP) is 1.81. The van der Waals surface area contributed by atoms with Gasteiger partial charge in [0.15, 0.2) is 0 Å². The lowest BCUT2D eigenvalue weighted by Gasteiger charge is -2.08. The normalized spacial score (nSPS) is 10.3. The van der Waals surface area contributed by atoms with E-state index in [2.05, 4.69) is 10.4 Å². The molecule has 1 amide bonds. The van der Waals surface area contributed by atoms with Crippen LogP contribution in [0.15, 0.2) is 30.3 Å². The zero-order valence-electron chi connectivity index (χ0n) is 11.6. The number of nitrogens with zero attached hydrogens (tertiary/aromatic N) is 2. The molecule has 0 aliphatic rings. The second-order valence-electron chi connectivity index (χ2n) is 4.37.